The average molecular weight is 239 g/mol. The predicted octanol–water partition coefficient (Wildman–Crippen LogP) is 2.47. The van der Waals surface area contributed by atoms with Crippen LogP contribution in [0.4, 0.5) is 4.79 Å². The highest BCUT2D eigenvalue weighted by atomic mass is 32.2. The van der Waals surface area contributed by atoms with E-state index in [0.29, 0.717) is 4.90 Å². The molecule has 0 aliphatic carbocycles. The van der Waals surface area contributed by atoms with Gasteiger partial charge in [-0.05, 0) is 36.4 Å². The fraction of sp³-hybridized carbons (Fsp3) is 0.273. The average Bonchev–Trinajstić information content (AvgIpc) is 2.20. The van der Waals surface area contributed by atoms with Crippen molar-refractivity contribution >= 4 is 23.0 Å². The van der Waals surface area contributed by atoms with Crippen molar-refractivity contribution in [2.24, 2.45) is 0 Å². The number of carbonyl (C=O) groups excluding carboxylic acids is 1. The number of benzene rings is 1. The zero-order chi connectivity index (χ0) is 12.3. The summed E-state index contributed by atoms with van der Waals surface area (Å²) >= 11 is 1.03. The van der Waals surface area contributed by atoms with Crippen LogP contribution in [0.5, 0.6) is 0 Å². The number of aromatic carboxylic acids is 1. The molecule has 0 aliphatic heterocycles. The molecule has 0 aromatic heterocycles. The molecule has 86 valence electrons. The van der Waals surface area contributed by atoms with E-state index < -0.39 is 5.97 Å². The summed E-state index contributed by atoms with van der Waals surface area (Å²) in [4.78, 5) is 24.4. The van der Waals surface area contributed by atoms with Gasteiger partial charge in [0, 0.05) is 19.0 Å². The number of thioether (sulfide) groups is 1. The van der Waals surface area contributed by atoms with E-state index in [9.17, 15) is 9.59 Å². The van der Waals surface area contributed by atoms with Crippen LogP contribution in [0.25, 0.3) is 0 Å². The highest BCUT2D eigenvalue weighted by Crippen LogP contribution is 2.25. The van der Waals surface area contributed by atoms with Crippen molar-refractivity contribution in [1.82, 2.24) is 4.90 Å². The van der Waals surface area contributed by atoms with Crippen molar-refractivity contribution in [3.63, 3.8) is 0 Å². The van der Waals surface area contributed by atoms with Gasteiger partial charge >= 0.3 is 5.97 Å². The van der Waals surface area contributed by atoms with Crippen molar-refractivity contribution in [1.29, 1.82) is 0 Å². The highest BCUT2D eigenvalue weighted by molar-refractivity contribution is 8.13. The van der Waals surface area contributed by atoms with Crippen LogP contribution in [-0.4, -0.2) is 35.3 Å². The van der Waals surface area contributed by atoms with Gasteiger partial charge in [0.25, 0.3) is 5.24 Å². The van der Waals surface area contributed by atoms with Crippen LogP contribution in [0.3, 0.4) is 0 Å². The summed E-state index contributed by atoms with van der Waals surface area (Å²) in [5, 5.41) is 8.72. The van der Waals surface area contributed by atoms with Crippen LogP contribution < -0.4 is 0 Å². The van der Waals surface area contributed by atoms with Crippen molar-refractivity contribution in [2.45, 2.75) is 11.8 Å². The maximum absolute atomic E-state index is 11.5. The number of aryl methyl sites for hydroxylation is 1. The minimum atomic E-state index is -0.987. The van der Waals surface area contributed by atoms with Gasteiger partial charge in [0.15, 0.2) is 0 Å². The molecule has 1 aromatic rings. The molecule has 0 saturated carbocycles. The Kier molecular flexibility index (Phi) is 3.95. The van der Waals surface area contributed by atoms with E-state index in [4.69, 9.17) is 5.11 Å². The summed E-state index contributed by atoms with van der Waals surface area (Å²) < 4.78 is 0. The Bertz CT molecular complexity index is 429. The summed E-state index contributed by atoms with van der Waals surface area (Å²) in [5.41, 5.74) is 1.09. The van der Waals surface area contributed by atoms with Crippen LogP contribution in [0, 0.1) is 6.92 Å². The van der Waals surface area contributed by atoms with E-state index in [1.807, 2.05) is 6.92 Å². The van der Waals surface area contributed by atoms with Gasteiger partial charge in [0.2, 0.25) is 0 Å². The lowest BCUT2D eigenvalue weighted by atomic mass is 10.1. The Morgan fingerprint density at radius 2 is 1.94 bits per heavy atom. The molecule has 0 unspecified atom stereocenters. The summed E-state index contributed by atoms with van der Waals surface area (Å²) in [6.45, 7) is 1.84. The first-order chi connectivity index (χ1) is 7.41. The number of hydrogen-bond donors (Lipinski definition) is 1. The molecule has 0 aliphatic rings. The lowest BCUT2D eigenvalue weighted by Crippen LogP contribution is -2.16. The number of carboxylic acid groups (broad SMARTS) is 1. The third kappa shape index (κ3) is 3.00. The zero-order valence-electron chi connectivity index (χ0n) is 9.35. The molecule has 0 saturated heterocycles. The Morgan fingerprint density at radius 3 is 2.44 bits per heavy atom. The van der Waals surface area contributed by atoms with Crippen molar-refractivity contribution in [3.8, 4) is 0 Å². The molecule has 1 aromatic carbocycles. The molecule has 0 fully saturated rings. The number of carbonyl (C=O) groups is 2. The maximum Gasteiger partial charge on any atom is 0.335 e. The molecule has 0 atom stereocenters. The van der Waals surface area contributed by atoms with Crippen LogP contribution in [-0.2, 0) is 0 Å². The fourth-order valence-electron chi connectivity index (χ4n) is 1.03. The van der Waals surface area contributed by atoms with Crippen molar-refractivity contribution in [3.05, 3.63) is 29.3 Å². The topological polar surface area (TPSA) is 57.6 Å². The lowest BCUT2D eigenvalue weighted by Gasteiger charge is -2.11. The van der Waals surface area contributed by atoms with Crippen LogP contribution in [0.15, 0.2) is 23.1 Å². The summed E-state index contributed by atoms with van der Waals surface area (Å²) in [6.07, 6.45) is 0. The molecule has 5 heteroatoms. The third-order valence-corrected chi connectivity index (χ3v) is 3.20. The van der Waals surface area contributed by atoms with E-state index in [1.54, 1.807) is 20.2 Å². The Labute approximate surface area is 98.3 Å². The Hall–Kier alpha value is -1.49. The van der Waals surface area contributed by atoms with Crippen molar-refractivity contribution < 1.29 is 14.7 Å². The summed E-state index contributed by atoms with van der Waals surface area (Å²) in [7, 11) is 3.32. The molecule has 1 N–H and O–H groups in total. The molecule has 1 amide bonds. The predicted molar refractivity (Wildman–Crippen MR) is 63.1 cm³/mol. The molecule has 0 bridgehead atoms. The molecule has 0 radical (unpaired) electrons. The highest BCUT2D eigenvalue weighted by Gasteiger charge is 2.11. The molecule has 0 heterocycles. The third-order valence-electron chi connectivity index (χ3n) is 2.00. The van der Waals surface area contributed by atoms with Crippen LogP contribution in [0.2, 0.25) is 0 Å². The molecular formula is C11H13NO3S. The second kappa shape index (κ2) is 5.03. The van der Waals surface area contributed by atoms with E-state index in [1.165, 1.54) is 17.0 Å². The second-order valence-electron chi connectivity index (χ2n) is 3.55. The zero-order valence-corrected chi connectivity index (χ0v) is 10.2. The molecule has 16 heavy (non-hydrogen) atoms. The first-order valence-electron chi connectivity index (χ1n) is 4.65. The maximum atomic E-state index is 11.5. The minimum absolute atomic E-state index is 0.120. The van der Waals surface area contributed by atoms with Crippen LogP contribution in [0.1, 0.15) is 15.9 Å². The minimum Gasteiger partial charge on any atom is -0.478 e. The Morgan fingerprint density at radius 1 is 1.31 bits per heavy atom. The second-order valence-corrected chi connectivity index (χ2v) is 4.54. The number of rotatable bonds is 2. The normalized spacial score (nSPS) is 9.94. The molecule has 0 spiro atoms. The standard InChI is InChI=1S/C11H13NO3S/c1-7-4-5-8(10(13)14)6-9(7)16-11(15)12(2)3/h4-6H,1-3H3,(H,13,14). The summed E-state index contributed by atoms with van der Waals surface area (Å²) in [5.74, 6) is -0.987. The molecule has 1 rings (SSSR count). The first kappa shape index (κ1) is 12.6. The van der Waals surface area contributed by atoms with Gasteiger partial charge in [-0.2, -0.15) is 0 Å². The number of hydrogen-bond acceptors (Lipinski definition) is 3. The SMILES string of the molecule is Cc1ccc(C(=O)O)cc1SC(=O)N(C)C. The van der Waals surface area contributed by atoms with Gasteiger partial charge in [-0.1, -0.05) is 6.07 Å². The van der Waals surface area contributed by atoms with Gasteiger partial charge in [-0.3, -0.25) is 4.79 Å². The quantitative estimate of drug-likeness (QED) is 0.805. The fourth-order valence-corrected chi connectivity index (χ4v) is 1.81. The van der Waals surface area contributed by atoms with Gasteiger partial charge < -0.3 is 10.0 Å². The van der Waals surface area contributed by atoms with Crippen molar-refractivity contribution in [2.75, 3.05) is 14.1 Å². The lowest BCUT2D eigenvalue weighted by molar-refractivity contribution is 0.0696. The Balaban J connectivity index is 2.99. The monoisotopic (exact) mass is 239 g/mol. The molecule has 4 nitrogen and oxygen atoms in total. The van der Waals surface area contributed by atoms with Gasteiger partial charge in [0.05, 0.1) is 5.56 Å². The number of carboxylic acids is 1. The van der Waals surface area contributed by atoms with E-state index in [2.05, 4.69) is 0 Å². The van der Waals surface area contributed by atoms with E-state index in [0.717, 1.165) is 17.3 Å². The summed E-state index contributed by atoms with van der Waals surface area (Å²) in [6, 6.07) is 4.75. The number of amides is 1. The van der Waals surface area contributed by atoms with E-state index >= 15 is 0 Å². The van der Waals surface area contributed by atoms with Gasteiger partial charge in [-0.15, -0.1) is 0 Å². The smallest absolute Gasteiger partial charge is 0.335 e. The number of nitrogens with zero attached hydrogens (tertiary/aromatic N) is 1. The first-order valence-corrected chi connectivity index (χ1v) is 5.46. The van der Waals surface area contributed by atoms with Gasteiger partial charge in [0.1, 0.15) is 0 Å². The molecular weight excluding hydrogens is 226 g/mol. The van der Waals surface area contributed by atoms with Gasteiger partial charge in [-0.25, -0.2) is 4.79 Å². The van der Waals surface area contributed by atoms with Crippen LogP contribution >= 0.6 is 11.8 Å². The largest absolute Gasteiger partial charge is 0.478 e. The van der Waals surface area contributed by atoms with E-state index in [-0.39, 0.29) is 10.8 Å².